The predicted molar refractivity (Wildman–Crippen MR) is 92.9 cm³/mol. The van der Waals surface area contributed by atoms with Crippen LogP contribution in [0.3, 0.4) is 0 Å². The van der Waals surface area contributed by atoms with Crippen molar-refractivity contribution in [1.29, 1.82) is 0 Å². The highest BCUT2D eigenvalue weighted by Gasteiger charge is 2.28. The number of anilines is 1. The Hall–Kier alpha value is -2.35. The summed E-state index contributed by atoms with van der Waals surface area (Å²) in [5, 5.41) is 3.43. The van der Waals surface area contributed by atoms with Crippen molar-refractivity contribution in [2.75, 3.05) is 11.9 Å². The molecule has 0 radical (unpaired) electrons. The molecule has 1 aromatic heterocycles. The number of nitrogens with one attached hydrogen (secondary N) is 1. The van der Waals surface area contributed by atoms with Crippen LogP contribution in [-0.4, -0.2) is 28.2 Å². The molecule has 2 heterocycles. The first-order valence-corrected chi connectivity index (χ1v) is 9.36. The molecule has 1 aliphatic heterocycles. The summed E-state index contributed by atoms with van der Waals surface area (Å²) in [6.07, 6.45) is 3.51. The largest absolute Gasteiger partial charge is 0.333 e. The number of thiazole rings is 1. The molecular weight excluding hydrogens is 360 g/mol. The van der Waals surface area contributed by atoms with Gasteiger partial charge in [0.1, 0.15) is 0 Å². The van der Waals surface area contributed by atoms with Crippen LogP contribution in [-0.2, 0) is 17.8 Å². The summed E-state index contributed by atoms with van der Waals surface area (Å²) >= 11 is 1.37. The molecule has 2 amide bonds. The van der Waals surface area contributed by atoms with Crippen molar-refractivity contribution in [1.82, 2.24) is 9.88 Å². The Kier molecular flexibility index (Phi) is 4.44. The maximum Gasteiger partial charge on any atom is 0.254 e. The molecule has 0 spiro atoms. The Morgan fingerprint density at radius 3 is 2.73 bits per heavy atom. The summed E-state index contributed by atoms with van der Waals surface area (Å²) in [5.74, 6) is -2.26. The molecule has 4 rings (SSSR count). The molecule has 1 saturated carbocycles. The van der Waals surface area contributed by atoms with Gasteiger partial charge in [-0.1, -0.05) is 17.8 Å². The number of hydrogen-bond donors (Lipinski definition) is 1. The van der Waals surface area contributed by atoms with Crippen molar-refractivity contribution in [3.63, 3.8) is 0 Å². The lowest BCUT2D eigenvalue weighted by Gasteiger charge is -2.26. The van der Waals surface area contributed by atoms with Gasteiger partial charge in [0.15, 0.2) is 16.8 Å². The number of rotatable bonds is 3. The van der Waals surface area contributed by atoms with Gasteiger partial charge < -0.3 is 10.2 Å². The molecule has 0 saturated heterocycles. The fourth-order valence-corrected chi connectivity index (χ4v) is 4.14. The summed E-state index contributed by atoms with van der Waals surface area (Å²) < 4.78 is 26.4. The van der Waals surface area contributed by atoms with E-state index in [1.807, 2.05) is 0 Å². The molecule has 0 bridgehead atoms. The van der Waals surface area contributed by atoms with Crippen molar-refractivity contribution in [2.45, 2.75) is 32.2 Å². The van der Waals surface area contributed by atoms with Gasteiger partial charge >= 0.3 is 0 Å². The minimum Gasteiger partial charge on any atom is -0.333 e. The lowest BCUT2D eigenvalue weighted by atomic mass is 9.85. The molecule has 2 aromatic rings. The third-order valence-electron chi connectivity index (χ3n) is 4.89. The van der Waals surface area contributed by atoms with Crippen LogP contribution < -0.4 is 5.32 Å². The monoisotopic (exact) mass is 377 g/mol. The summed E-state index contributed by atoms with van der Waals surface area (Å²) in [6, 6.07) is 3.16. The maximum atomic E-state index is 13.4. The van der Waals surface area contributed by atoms with Gasteiger partial charge in [-0.3, -0.25) is 9.59 Å². The number of halogens is 2. The topological polar surface area (TPSA) is 62.3 Å². The van der Waals surface area contributed by atoms with Crippen LogP contribution in [0.5, 0.6) is 0 Å². The van der Waals surface area contributed by atoms with Gasteiger partial charge in [-0.25, -0.2) is 13.8 Å². The normalized spacial score (nSPS) is 16.8. The number of amides is 2. The highest BCUT2D eigenvalue weighted by molar-refractivity contribution is 7.15. The summed E-state index contributed by atoms with van der Waals surface area (Å²) in [4.78, 5) is 31.6. The van der Waals surface area contributed by atoms with Gasteiger partial charge in [0.2, 0.25) is 5.91 Å². The van der Waals surface area contributed by atoms with Crippen molar-refractivity contribution in [2.24, 2.45) is 5.92 Å². The molecule has 0 atom stereocenters. The van der Waals surface area contributed by atoms with Crippen LogP contribution in [0, 0.1) is 17.6 Å². The van der Waals surface area contributed by atoms with Crippen LogP contribution in [0.4, 0.5) is 13.9 Å². The van der Waals surface area contributed by atoms with Gasteiger partial charge in [0.05, 0.1) is 12.2 Å². The van der Waals surface area contributed by atoms with Crippen LogP contribution in [0.2, 0.25) is 0 Å². The third kappa shape index (κ3) is 3.21. The number of carbonyl (C=O) groups excluding carboxylic acids is 2. The fourth-order valence-electron chi connectivity index (χ4n) is 3.11. The fraction of sp³-hybridized carbons (Fsp3) is 0.389. The van der Waals surface area contributed by atoms with E-state index in [9.17, 15) is 18.4 Å². The summed E-state index contributed by atoms with van der Waals surface area (Å²) in [5.41, 5.74) is 1.00. The summed E-state index contributed by atoms with van der Waals surface area (Å²) in [6.45, 7) is 0.800. The van der Waals surface area contributed by atoms with Gasteiger partial charge in [0.25, 0.3) is 5.91 Å². The predicted octanol–water partition coefficient (Wildman–Crippen LogP) is 3.36. The maximum absolute atomic E-state index is 13.4. The Morgan fingerprint density at radius 2 is 2.04 bits per heavy atom. The molecule has 1 fully saturated rings. The van der Waals surface area contributed by atoms with Crippen LogP contribution in [0.25, 0.3) is 0 Å². The minimum atomic E-state index is -1.03. The molecule has 0 unspecified atom stereocenters. The molecule has 136 valence electrons. The van der Waals surface area contributed by atoms with Crippen molar-refractivity contribution >= 4 is 28.3 Å². The highest BCUT2D eigenvalue weighted by Crippen LogP contribution is 2.32. The second kappa shape index (κ2) is 6.75. The second-order valence-corrected chi connectivity index (χ2v) is 7.70. The minimum absolute atomic E-state index is 0.0112. The van der Waals surface area contributed by atoms with Crippen LogP contribution in [0.15, 0.2) is 18.2 Å². The molecule has 8 heteroatoms. The zero-order chi connectivity index (χ0) is 18.3. The number of hydrogen-bond acceptors (Lipinski definition) is 4. The first-order chi connectivity index (χ1) is 12.5. The van der Waals surface area contributed by atoms with Gasteiger partial charge in [-0.05, 0) is 31.0 Å². The average Bonchev–Trinajstić information content (AvgIpc) is 2.96. The standard InChI is InChI=1S/C18H17F2N3O2S/c19-12-5-4-11(8-13(12)20)17(25)23-7-6-14-15(9-23)26-18(21-14)22-16(24)10-2-1-3-10/h4-5,8,10H,1-3,6-7,9H2,(H,21,22,24). The van der Waals surface area contributed by atoms with E-state index < -0.39 is 11.6 Å². The van der Waals surface area contributed by atoms with E-state index in [0.29, 0.717) is 24.6 Å². The molecule has 26 heavy (non-hydrogen) atoms. The molecule has 5 nitrogen and oxygen atoms in total. The smallest absolute Gasteiger partial charge is 0.254 e. The lowest BCUT2D eigenvalue weighted by Crippen LogP contribution is -2.35. The van der Waals surface area contributed by atoms with Crippen LogP contribution >= 0.6 is 11.3 Å². The number of nitrogens with zero attached hydrogens (tertiary/aromatic N) is 2. The lowest BCUT2D eigenvalue weighted by molar-refractivity contribution is -0.122. The zero-order valence-electron chi connectivity index (χ0n) is 13.9. The number of benzene rings is 1. The SMILES string of the molecule is O=C(Nc1nc2c(s1)CN(C(=O)c1ccc(F)c(F)c1)CC2)C1CCC1. The molecule has 1 aliphatic carbocycles. The van der Waals surface area contributed by atoms with E-state index in [0.717, 1.165) is 42.0 Å². The Balaban J connectivity index is 1.46. The zero-order valence-corrected chi connectivity index (χ0v) is 14.7. The van der Waals surface area contributed by atoms with Crippen LogP contribution in [0.1, 0.15) is 40.2 Å². The van der Waals surface area contributed by atoms with E-state index in [1.165, 1.54) is 17.4 Å². The van der Waals surface area contributed by atoms with Gasteiger partial charge in [-0.15, -0.1) is 0 Å². The van der Waals surface area contributed by atoms with Crippen molar-refractivity contribution in [3.8, 4) is 0 Å². The average molecular weight is 377 g/mol. The first-order valence-electron chi connectivity index (χ1n) is 8.55. The first kappa shape index (κ1) is 17.1. The second-order valence-electron chi connectivity index (χ2n) is 6.61. The molecule has 1 N–H and O–H groups in total. The molecule has 1 aromatic carbocycles. The van der Waals surface area contributed by atoms with Crippen molar-refractivity contribution < 1.29 is 18.4 Å². The van der Waals surface area contributed by atoms with Gasteiger partial charge in [0, 0.05) is 29.3 Å². The van der Waals surface area contributed by atoms with E-state index in [-0.39, 0.29) is 23.3 Å². The Morgan fingerprint density at radius 1 is 1.23 bits per heavy atom. The van der Waals surface area contributed by atoms with Gasteiger partial charge in [-0.2, -0.15) is 0 Å². The molecule has 2 aliphatic rings. The van der Waals surface area contributed by atoms with E-state index in [2.05, 4.69) is 10.3 Å². The highest BCUT2D eigenvalue weighted by atomic mass is 32.1. The van der Waals surface area contributed by atoms with E-state index in [1.54, 1.807) is 4.90 Å². The summed E-state index contributed by atoms with van der Waals surface area (Å²) in [7, 11) is 0. The quantitative estimate of drug-likeness (QED) is 0.892. The number of aromatic nitrogens is 1. The number of fused-ring (bicyclic) bond motifs is 1. The third-order valence-corrected chi connectivity index (χ3v) is 5.89. The Labute approximate surface area is 153 Å². The number of carbonyl (C=O) groups is 2. The Bertz CT molecular complexity index is 879. The van der Waals surface area contributed by atoms with Crippen molar-refractivity contribution in [3.05, 3.63) is 46.0 Å². The van der Waals surface area contributed by atoms with E-state index >= 15 is 0 Å². The molecular formula is C18H17F2N3O2S. The van der Waals surface area contributed by atoms with E-state index in [4.69, 9.17) is 0 Å².